The topological polar surface area (TPSA) is 81.9 Å². The SMILES string of the molecule is CCOc1ccc([C@H]2c3c(oc4ccc(Br)cc4c3=O)C(=O)N2c2nc(C)c(C)s2)cc1OC. The summed E-state index contributed by atoms with van der Waals surface area (Å²) in [6.45, 7) is 6.22. The minimum absolute atomic E-state index is 0.0307. The first-order valence-corrected chi connectivity index (χ1v) is 12.3. The molecule has 3 heterocycles. The number of hydrogen-bond acceptors (Lipinski definition) is 7. The number of halogens is 1. The molecule has 9 heteroatoms. The fourth-order valence-electron chi connectivity index (χ4n) is 4.15. The number of hydrogen-bond donors (Lipinski definition) is 0. The fraction of sp³-hybridized carbons (Fsp3) is 0.240. The molecule has 1 aliphatic heterocycles. The molecular formula is C25H21BrN2O5S. The van der Waals surface area contributed by atoms with Crippen molar-refractivity contribution in [1.82, 2.24) is 4.98 Å². The van der Waals surface area contributed by atoms with E-state index in [2.05, 4.69) is 20.9 Å². The number of aromatic nitrogens is 1. The van der Waals surface area contributed by atoms with Crippen molar-refractivity contribution in [3.63, 3.8) is 0 Å². The van der Waals surface area contributed by atoms with E-state index in [-0.39, 0.29) is 16.8 Å². The summed E-state index contributed by atoms with van der Waals surface area (Å²) in [7, 11) is 1.56. The molecular weight excluding hydrogens is 520 g/mol. The summed E-state index contributed by atoms with van der Waals surface area (Å²) in [5, 5.41) is 0.908. The zero-order valence-electron chi connectivity index (χ0n) is 19.0. The largest absolute Gasteiger partial charge is 0.493 e. The molecule has 0 saturated heterocycles. The highest BCUT2D eigenvalue weighted by atomic mass is 79.9. The first kappa shape index (κ1) is 22.6. The Balaban J connectivity index is 1.79. The van der Waals surface area contributed by atoms with E-state index in [4.69, 9.17) is 13.9 Å². The van der Waals surface area contributed by atoms with Gasteiger partial charge >= 0.3 is 0 Å². The van der Waals surface area contributed by atoms with E-state index in [0.29, 0.717) is 39.8 Å². The Hall–Kier alpha value is -3.17. The fourth-order valence-corrected chi connectivity index (χ4v) is 5.44. The van der Waals surface area contributed by atoms with Gasteiger partial charge in [0, 0.05) is 9.35 Å². The molecule has 0 radical (unpaired) electrons. The van der Waals surface area contributed by atoms with E-state index in [1.165, 1.54) is 11.3 Å². The summed E-state index contributed by atoms with van der Waals surface area (Å²) in [5.41, 5.74) is 1.92. The zero-order valence-corrected chi connectivity index (χ0v) is 21.4. The molecule has 2 aromatic heterocycles. The summed E-state index contributed by atoms with van der Waals surface area (Å²) in [6.07, 6.45) is 0. The summed E-state index contributed by atoms with van der Waals surface area (Å²) >= 11 is 4.83. The van der Waals surface area contributed by atoms with Crippen LogP contribution in [0, 0.1) is 13.8 Å². The molecule has 0 bridgehead atoms. The molecule has 0 spiro atoms. The number of fused-ring (bicyclic) bond motifs is 2. The number of methoxy groups -OCH3 is 1. The van der Waals surface area contributed by atoms with E-state index in [1.807, 2.05) is 26.8 Å². The van der Waals surface area contributed by atoms with Crippen molar-refractivity contribution in [2.24, 2.45) is 0 Å². The Labute approximate surface area is 208 Å². The first-order valence-electron chi connectivity index (χ1n) is 10.7. The summed E-state index contributed by atoms with van der Waals surface area (Å²) in [4.78, 5) is 34.6. The van der Waals surface area contributed by atoms with Crippen molar-refractivity contribution >= 4 is 49.3 Å². The molecule has 0 unspecified atom stereocenters. The molecule has 0 saturated carbocycles. The van der Waals surface area contributed by atoms with Crippen LogP contribution in [-0.4, -0.2) is 24.6 Å². The maximum atomic E-state index is 13.7. The van der Waals surface area contributed by atoms with Crippen molar-refractivity contribution in [2.45, 2.75) is 26.8 Å². The molecule has 1 aliphatic rings. The van der Waals surface area contributed by atoms with E-state index in [1.54, 1.807) is 42.3 Å². The summed E-state index contributed by atoms with van der Waals surface area (Å²) in [6, 6.07) is 9.87. The van der Waals surface area contributed by atoms with Gasteiger partial charge in [-0.2, -0.15) is 0 Å². The van der Waals surface area contributed by atoms with Crippen LogP contribution in [0.5, 0.6) is 11.5 Å². The van der Waals surface area contributed by atoms with Gasteiger partial charge in [0.15, 0.2) is 22.1 Å². The van der Waals surface area contributed by atoms with Gasteiger partial charge in [-0.3, -0.25) is 14.5 Å². The van der Waals surface area contributed by atoms with Crippen LogP contribution in [-0.2, 0) is 0 Å². The van der Waals surface area contributed by atoms with E-state index in [9.17, 15) is 9.59 Å². The molecule has 174 valence electrons. The molecule has 4 aromatic rings. The third-order valence-corrected chi connectivity index (χ3v) is 7.42. The van der Waals surface area contributed by atoms with Crippen LogP contribution in [0.4, 0.5) is 5.13 Å². The van der Waals surface area contributed by atoms with Gasteiger partial charge in [0.25, 0.3) is 5.91 Å². The van der Waals surface area contributed by atoms with Gasteiger partial charge in [-0.1, -0.05) is 22.0 Å². The first-order chi connectivity index (χ1) is 16.3. The summed E-state index contributed by atoms with van der Waals surface area (Å²) < 4.78 is 18.0. The number of aryl methyl sites for hydroxylation is 2. The zero-order chi connectivity index (χ0) is 24.1. The number of thiazole rings is 1. The molecule has 0 N–H and O–H groups in total. The average Bonchev–Trinajstić information content (AvgIpc) is 3.30. The van der Waals surface area contributed by atoms with Gasteiger partial charge < -0.3 is 13.9 Å². The molecule has 1 atom stereocenters. The molecule has 34 heavy (non-hydrogen) atoms. The third-order valence-electron chi connectivity index (χ3n) is 5.86. The number of nitrogens with zero attached hydrogens (tertiary/aromatic N) is 2. The molecule has 0 fully saturated rings. The number of rotatable bonds is 5. The Kier molecular flexibility index (Phi) is 5.69. The second-order valence-electron chi connectivity index (χ2n) is 7.87. The molecule has 1 amide bonds. The van der Waals surface area contributed by atoms with E-state index < -0.39 is 11.9 Å². The van der Waals surface area contributed by atoms with Crippen LogP contribution in [0.25, 0.3) is 11.0 Å². The summed E-state index contributed by atoms with van der Waals surface area (Å²) in [5.74, 6) is 0.728. The minimum atomic E-state index is -0.725. The predicted octanol–water partition coefficient (Wildman–Crippen LogP) is 5.79. The average molecular weight is 541 g/mol. The number of amides is 1. The maximum absolute atomic E-state index is 13.7. The van der Waals surface area contributed by atoms with Crippen molar-refractivity contribution < 1.29 is 18.7 Å². The van der Waals surface area contributed by atoms with Crippen LogP contribution >= 0.6 is 27.3 Å². The van der Waals surface area contributed by atoms with Crippen molar-refractivity contribution in [1.29, 1.82) is 0 Å². The van der Waals surface area contributed by atoms with E-state index in [0.717, 1.165) is 15.0 Å². The van der Waals surface area contributed by atoms with Crippen molar-refractivity contribution in [2.75, 3.05) is 18.6 Å². The Bertz CT molecular complexity index is 1490. The number of anilines is 1. The standard InChI is InChI=1S/C25H21BrN2O5S/c1-5-32-18-8-6-14(10-19(18)31-4)21-20-22(29)16-11-15(26)7-9-17(16)33-23(20)24(30)28(21)25-27-12(2)13(3)34-25/h6-11,21H,5H2,1-4H3/t21-/m0/s1. The van der Waals surface area contributed by atoms with Gasteiger partial charge in [-0.05, 0) is 56.7 Å². The highest BCUT2D eigenvalue weighted by Crippen LogP contribution is 2.44. The lowest BCUT2D eigenvalue weighted by molar-refractivity contribution is 0.0971. The van der Waals surface area contributed by atoms with Gasteiger partial charge in [-0.15, -0.1) is 11.3 Å². The van der Waals surface area contributed by atoms with Crippen LogP contribution in [0.15, 0.2) is 50.1 Å². The van der Waals surface area contributed by atoms with Gasteiger partial charge in [-0.25, -0.2) is 4.98 Å². The quantitative estimate of drug-likeness (QED) is 0.318. The second kappa shape index (κ2) is 8.56. The monoisotopic (exact) mass is 540 g/mol. The van der Waals surface area contributed by atoms with Crippen LogP contribution in [0.3, 0.4) is 0 Å². The maximum Gasteiger partial charge on any atom is 0.297 e. The van der Waals surface area contributed by atoms with Crippen LogP contribution in [0.2, 0.25) is 0 Å². The van der Waals surface area contributed by atoms with Crippen molar-refractivity contribution in [3.8, 4) is 11.5 Å². The van der Waals surface area contributed by atoms with Crippen LogP contribution in [0.1, 0.15) is 45.2 Å². The van der Waals surface area contributed by atoms with Gasteiger partial charge in [0.2, 0.25) is 5.76 Å². The number of benzene rings is 2. The third kappa shape index (κ3) is 3.50. The van der Waals surface area contributed by atoms with E-state index >= 15 is 0 Å². The Morgan fingerprint density at radius 2 is 1.94 bits per heavy atom. The molecule has 2 aromatic carbocycles. The smallest absolute Gasteiger partial charge is 0.297 e. The lowest BCUT2D eigenvalue weighted by Gasteiger charge is -2.23. The Morgan fingerprint density at radius 3 is 2.62 bits per heavy atom. The Morgan fingerprint density at radius 1 is 1.15 bits per heavy atom. The normalized spacial score (nSPS) is 15.1. The lowest BCUT2D eigenvalue weighted by atomic mass is 9.98. The number of carbonyl (C=O) groups excluding carboxylic acids is 1. The number of ether oxygens (including phenoxy) is 2. The lowest BCUT2D eigenvalue weighted by Crippen LogP contribution is -2.29. The second-order valence-corrected chi connectivity index (χ2v) is 9.97. The van der Waals surface area contributed by atoms with Crippen molar-refractivity contribution in [3.05, 3.63) is 78.6 Å². The van der Waals surface area contributed by atoms with Gasteiger partial charge in [0.05, 0.1) is 36.4 Å². The van der Waals surface area contributed by atoms with Gasteiger partial charge in [0.1, 0.15) is 5.58 Å². The highest BCUT2D eigenvalue weighted by Gasteiger charge is 2.45. The predicted molar refractivity (Wildman–Crippen MR) is 135 cm³/mol. The molecule has 5 rings (SSSR count). The molecule has 7 nitrogen and oxygen atoms in total. The van der Waals surface area contributed by atoms with Crippen LogP contribution < -0.4 is 19.8 Å². The highest BCUT2D eigenvalue weighted by molar-refractivity contribution is 9.10. The molecule has 0 aliphatic carbocycles. The minimum Gasteiger partial charge on any atom is -0.493 e. The number of carbonyl (C=O) groups is 1.